The van der Waals surface area contributed by atoms with Crippen LogP contribution in [0, 0.1) is 0 Å². The van der Waals surface area contributed by atoms with Crippen LogP contribution in [0.4, 0.5) is 0 Å². The van der Waals surface area contributed by atoms with Gasteiger partial charge >= 0.3 is 5.97 Å². The van der Waals surface area contributed by atoms with Crippen LogP contribution in [-0.2, 0) is 4.79 Å². The molecule has 1 aliphatic rings. The molecule has 0 bridgehead atoms. The normalized spacial score (nSPS) is 18.3. The van der Waals surface area contributed by atoms with Gasteiger partial charge in [-0.3, -0.25) is 4.79 Å². The van der Waals surface area contributed by atoms with E-state index < -0.39 is 12.1 Å². The van der Waals surface area contributed by atoms with Gasteiger partial charge in [0.25, 0.3) is 0 Å². The second kappa shape index (κ2) is 3.61. The Balaban J connectivity index is 2.28. The SMILES string of the molecule is O=Cc1ccc2c(c1)OC[C@H](C(=O)O)O2. The molecule has 1 aliphatic heterocycles. The molecule has 0 unspecified atom stereocenters. The number of aliphatic carboxylic acids is 1. The molecule has 1 atom stereocenters. The first-order valence-electron chi connectivity index (χ1n) is 4.32. The van der Waals surface area contributed by atoms with Crippen LogP contribution in [0.1, 0.15) is 10.4 Å². The molecular weight excluding hydrogens is 200 g/mol. The van der Waals surface area contributed by atoms with E-state index in [9.17, 15) is 9.59 Å². The summed E-state index contributed by atoms with van der Waals surface area (Å²) in [6.45, 7) is -0.0509. The summed E-state index contributed by atoms with van der Waals surface area (Å²) >= 11 is 0. The third kappa shape index (κ3) is 1.76. The van der Waals surface area contributed by atoms with Gasteiger partial charge in [0.15, 0.2) is 11.5 Å². The number of carboxylic acid groups (broad SMARTS) is 1. The second-order valence-electron chi connectivity index (χ2n) is 3.08. The maximum Gasteiger partial charge on any atom is 0.348 e. The lowest BCUT2D eigenvalue weighted by atomic mass is 10.2. The smallest absolute Gasteiger partial charge is 0.348 e. The van der Waals surface area contributed by atoms with Gasteiger partial charge in [-0.1, -0.05) is 0 Å². The molecule has 5 nitrogen and oxygen atoms in total. The molecule has 0 aliphatic carbocycles. The molecular formula is C10H8O5. The number of carbonyl (C=O) groups is 2. The molecule has 0 spiro atoms. The lowest BCUT2D eigenvalue weighted by molar-refractivity contribution is -0.147. The third-order valence-electron chi connectivity index (χ3n) is 2.04. The highest BCUT2D eigenvalue weighted by Gasteiger charge is 2.26. The molecule has 1 aromatic rings. The fourth-order valence-electron chi connectivity index (χ4n) is 1.28. The largest absolute Gasteiger partial charge is 0.485 e. The number of fused-ring (bicyclic) bond motifs is 1. The summed E-state index contributed by atoms with van der Waals surface area (Å²) in [7, 11) is 0. The Labute approximate surface area is 85.2 Å². The predicted molar refractivity (Wildman–Crippen MR) is 49.4 cm³/mol. The molecule has 0 radical (unpaired) electrons. The van der Waals surface area contributed by atoms with E-state index in [1.807, 2.05) is 0 Å². The van der Waals surface area contributed by atoms with Gasteiger partial charge in [0.2, 0.25) is 6.10 Å². The van der Waals surface area contributed by atoms with Crippen molar-refractivity contribution in [3.05, 3.63) is 23.8 Å². The summed E-state index contributed by atoms with van der Waals surface area (Å²) in [4.78, 5) is 21.1. The molecule has 0 saturated heterocycles. The van der Waals surface area contributed by atoms with E-state index in [2.05, 4.69) is 0 Å². The lowest BCUT2D eigenvalue weighted by Crippen LogP contribution is -2.36. The van der Waals surface area contributed by atoms with Crippen molar-refractivity contribution >= 4 is 12.3 Å². The number of carbonyl (C=O) groups excluding carboxylic acids is 1. The quantitative estimate of drug-likeness (QED) is 0.725. The van der Waals surface area contributed by atoms with Crippen molar-refractivity contribution in [1.29, 1.82) is 0 Å². The summed E-state index contributed by atoms with van der Waals surface area (Å²) in [5.74, 6) is -0.323. The first-order chi connectivity index (χ1) is 7.20. The molecule has 1 aromatic carbocycles. The zero-order valence-corrected chi connectivity index (χ0v) is 7.67. The zero-order chi connectivity index (χ0) is 10.8. The van der Waals surface area contributed by atoms with Gasteiger partial charge in [-0.15, -0.1) is 0 Å². The molecule has 0 saturated carbocycles. The Morgan fingerprint density at radius 3 is 2.93 bits per heavy atom. The molecule has 2 rings (SSSR count). The van der Waals surface area contributed by atoms with E-state index in [-0.39, 0.29) is 6.61 Å². The van der Waals surface area contributed by atoms with E-state index >= 15 is 0 Å². The van der Waals surface area contributed by atoms with Crippen LogP contribution in [0.5, 0.6) is 11.5 Å². The van der Waals surface area contributed by atoms with Crippen LogP contribution < -0.4 is 9.47 Å². The summed E-state index contributed by atoms with van der Waals surface area (Å²) in [5, 5.41) is 8.70. The third-order valence-corrected chi connectivity index (χ3v) is 2.04. The number of benzene rings is 1. The topological polar surface area (TPSA) is 72.8 Å². The standard InChI is InChI=1S/C10H8O5/c11-4-6-1-2-7-8(3-6)14-5-9(15-7)10(12)13/h1-4,9H,5H2,(H,12,13)/t9-/m1/s1. The van der Waals surface area contributed by atoms with Crippen LogP contribution >= 0.6 is 0 Å². The van der Waals surface area contributed by atoms with Crippen molar-refractivity contribution in [1.82, 2.24) is 0 Å². The Kier molecular flexibility index (Phi) is 2.29. The van der Waals surface area contributed by atoms with Crippen molar-refractivity contribution < 1.29 is 24.2 Å². The number of hydrogen-bond acceptors (Lipinski definition) is 4. The highest BCUT2D eigenvalue weighted by Crippen LogP contribution is 2.32. The molecule has 78 valence electrons. The van der Waals surface area contributed by atoms with E-state index in [1.165, 1.54) is 12.1 Å². The van der Waals surface area contributed by atoms with Gasteiger partial charge in [-0.2, -0.15) is 0 Å². The van der Waals surface area contributed by atoms with E-state index in [0.717, 1.165) is 0 Å². The average molecular weight is 208 g/mol. The van der Waals surface area contributed by atoms with Crippen LogP contribution in [0.3, 0.4) is 0 Å². The van der Waals surface area contributed by atoms with Gasteiger partial charge in [-0.25, -0.2) is 4.79 Å². The molecule has 1 N–H and O–H groups in total. The van der Waals surface area contributed by atoms with Crippen molar-refractivity contribution in [2.24, 2.45) is 0 Å². The molecule has 0 fully saturated rings. The minimum absolute atomic E-state index is 0.0509. The lowest BCUT2D eigenvalue weighted by Gasteiger charge is -2.23. The summed E-state index contributed by atoms with van der Waals surface area (Å²) in [6.07, 6.45) is -0.299. The Morgan fingerprint density at radius 2 is 2.27 bits per heavy atom. The molecule has 15 heavy (non-hydrogen) atoms. The summed E-state index contributed by atoms with van der Waals surface area (Å²) in [6, 6.07) is 4.58. The van der Waals surface area contributed by atoms with E-state index in [0.29, 0.717) is 23.3 Å². The van der Waals surface area contributed by atoms with E-state index in [4.69, 9.17) is 14.6 Å². The molecule has 1 heterocycles. The van der Waals surface area contributed by atoms with Crippen LogP contribution in [0.15, 0.2) is 18.2 Å². The predicted octanol–water partition coefficient (Wildman–Crippen LogP) is 0.723. The van der Waals surface area contributed by atoms with Crippen LogP contribution in [-0.4, -0.2) is 30.1 Å². The molecule has 5 heteroatoms. The summed E-state index contributed by atoms with van der Waals surface area (Å²) < 4.78 is 10.3. The van der Waals surface area contributed by atoms with Crippen LogP contribution in [0.25, 0.3) is 0 Å². The first-order valence-corrected chi connectivity index (χ1v) is 4.32. The fourth-order valence-corrected chi connectivity index (χ4v) is 1.28. The Bertz CT molecular complexity index is 412. The van der Waals surface area contributed by atoms with Gasteiger partial charge in [0.05, 0.1) is 0 Å². The maximum absolute atomic E-state index is 10.6. The van der Waals surface area contributed by atoms with Crippen molar-refractivity contribution in [3.63, 3.8) is 0 Å². The number of rotatable bonds is 2. The minimum atomic E-state index is -1.07. The van der Waals surface area contributed by atoms with Gasteiger partial charge in [0, 0.05) is 5.56 Å². The summed E-state index contributed by atoms with van der Waals surface area (Å²) in [5.41, 5.74) is 0.464. The van der Waals surface area contributed by atoms with E-state index in [1.54, 1.807) is 6.07 Å². The molecule has 0 amide bonds. The van der Waals surface area contributed by atoms with Gasteiger partial charge < -0.3 is 14.6 Å². The molecule has 0 aromatic heterocycles. The first kappa shape index (κ1) is 9.51. The number of aldehydes is 1. The van der Waals surface area contributed by atoms with Crippen LogP contribution in [0.2, 0.25) is 0 Å². The average Bonchev–Trinajstić information content (AvgIpc) is 2.27. The fraction of sp³-hybridized carbons (Fsp3) is 0.200. The Hall–Kier alpha value is -2.04. The van der Waals surface area contributed by atoms with Gasteiger partial charge in [0.1, 0.15) is 12.9 Å². The highest BCUT2D eigenvalue weighted by molar-refractivity contribution is 5.77. The van der Waals surface area contributed by atoms with Crippen molar-refractivity contribution in [3.8, 4) is 11.5 Å². The number of ether oxygens (including phenoxy) is 2. The second-order valence-corrected chi connectivity index (χ2v) is 3.08. The minimum Gasteiger partial charge on any atom is -0.485 e. The van der Waals surface area contributed by atoms with Gasteiger partial charge in [-0.05, 0) is 18.2 Å². The zero-order valence-electron chi connectivity index (χ0n) is 7.67. The van der Waals surface area contributed by atoms with Crippen molar-refractivity contribution in [2.75, 3.05) is 6.61 Å². The van der Waals surface area contributed by atoms with Crippen molar-refractivity contribution in [2.45, 2.75) is 6.10 Å². The number of carboxylic acids is 1. The maximum atomic E-state index is 10.6. The highest BCUT2D eigenvalue weighted by atomic mass is 16.6. The Morgan fingerprint density at radius 1 is 1.47 bits per heavy atom. The number of hydrogen-bond donors (Lipinski definition) is 1. The monoisotopic (exact) mass is 208 g/mol.